The summed E-state index contributed by atoms with van der Waals surface area (Å²) in [7, 11) is 0. The third kappa shape index (κ3) is 4.29. The molecule has 0 saturated carbocycles. The van der Waals surface area contributed by atoms with Gasteiger partial charge in [-0.15, -0.1) is 0 Å². The summed E-state index contributed by atoms with van der Waals surface area (Å²) in [6.45, 7) is 4.84. The van der Waals surface area contributed by atoms with Crippen LogP contribution in [0.5, 0.6) is 0 Å². The van der Waals surface area contributed by atoms with Crippen molar-refractivity contribution < 1.29 is 18.6 Å². The molecule has 2 aliphatic rings. The van der Waals surface area contributed by atoms with Crippen LogP contribution in [0.3, 0.4) is 0 Å². The van der Waals surface area contributed by atoms with E-state index < -0.39 is 0 Å². The molecule has 0 aromatic carbocycles. The molecular formula is C21H25ClN6O4. The SMILES string of the molecule is Cc1onc(C(=O)N2CCC(c3nc(C4CCOCC4)no3)CC2)c1Cn1cc(Cl)cn1. The predicted molar refractivity (Wildman–Crippen MR) is 113 cm³/mol. The standard InChI is InChI=1S/C21H25ClN6O4/c1-13-17(12-28-11-16(22)10-23-28)18(25-31-13)21(29)27-6-2-15(3-7-27)20-24-19(26-32-20)14-4-8-30-9-5-14/h10-11,14-15H,2-9,12H2,1H3. The van der Waals surface area contributed by atoms with Gasteiger partial charge in [-0.25, -0.2) is 0 Å². The first-order valence-corrected chi connectivity index (χ1v) is 11.3. The van der Waals surface area contributed by atoms with Crippen molar-refractivity contribution in [1.82, 2.24) is 30.0 Å². The lowest BCUT2D eigenvalue weighted by molar-refractivity contribution is 0.0693. The third-order valence-corrected chi connectivity index (χ3v) is 6.48. The first-order chi connectivity index (χ1) is 15.6. The maximum absolute atomic E-state index is 13.2. The number of piperidine rings is 1. The van der Waals surface area contributed by atoms with Gasteiger partial charge >= 0.3 is 0 Å². The van der Waals surface area contributed by atoms with Gasteiger partial charge in [-0.3, -0.25) is 9.48 Å². The Bertz CT molecular complexity index is 1080. The van der Waals surface area contributed by atoms with Gasteiger partial charge in [0.15, 0.2) is 11.5 Å². The third-order valence-electron chi connectivity index (χ3n) is 6.28. The number of carbonyl (C=O) groups is 1. The highest BCUT2D eigenvalue weighted by Gasteiger charge is 2.32. The largest absolute Gasteiger partial charge is 0.381 e. The van der Waals surface area contributed by atoms with E-state index in [2.05, 4.69) is 20.4 Å². The number of aryl methyl sites for hydroxylation is 1. The maximum Gasteiger partial charge on any atom is 0.276 e. The summed E-state index contributed by atoms with van der Waals surface area (Å²) in [5, 5.41) is 13.0. The van der Waals surface area contributed by atoms with E-state index in [1.165, 1.54) is 0 Å². The van der Waals surface area contributed by atoms with Gasteiger partial charge < -0.3 is 18.7 Å². The van der Waals surface area contributed by atoms with Crippen LogP contribution < -0.4 is 0 Å². The Kier molecular flexibility index (Phi) is 5.97. The van der Waals surface area contributed by atoms with Gasteiger partial charge in [0.05, 0.1) is 17.8 Å². The highest BCUT2D eigenvalue weighted by Crippen LogP contribution is 2.31. The summed E-state index contributed by atoms with van der Waals surface area (Å²) >= 11 is 5.95. The minimum Gasteiger partial charge on any atom is -0.381 e. The molecule has 3 aromatic rings. The van der Waals surface area contributed by atoms with Gasteiger partial charge in [-0.1, -0.05) is 21.9 Å². The Morgan fingerprint density at radius 3 is 2.62 bits per heavy atom. The van der Waals surface area contributed by atoms with Gasteiger partial charge in [0.2, 0.25) is 5.89 Å². The predicted octanol–water partition coefficient (Wildman–Crippen LogP) is 3.18. The van der Waals surface area contributed by atoms with Crippen LogP contribution in [0.1, 0.15) is 71.0 Å². The van der Waals surface area contributed by atoms with Crippen LogP contribution in [-0.2, 0) is 11.3 Å². The van der Waals surface area contributed by atoms with Crippen molar-refractivity contribution in [2.45, 2.75) is 51.0 Å². The molecular weight excluding hydrogens is 436 g/mol. The average Bonchev–Trinajstić information content (AvgIpc) is 3.56. The molecule has 0 aliphatic carbocycles. The second-order valence-corrected chi connectivity index (χ2v) is 8.80. The first-order valence-electron chi connectivity index (χ1n) is 10.9. The molecule has 2 saturated heterocycles. The molecule has 0 unspecified atom stereocenters. The van der Waals surface area contributed by atoms with Crippen LogP contribution in [0.4, 0.5) is 0 Å². The Hall–Kier alpha value is -2.72. The number of aromatic nitrogens is 5. The molecule has 5 heterocycles. The highest BCUT2D eigenvalue weighted by molar-refractivity contribution is 6.30. The zero-order valence-electron chi connectivity index (χ0n) is 17.9. The lowest BCUT2D eigenvalue weighted by Crippen LogP contribution is -2.38. The maximum atomic E-state index is 13.2. The fourth-order valence-electron chi connectivity index (χ4n) is 4.35. The van der Waals surface area contributed by atoms with Crippen molar-refractivity contribution in [3.63, 3.8) is 0 Å². The van der Waals surface area contributed by atoms with Crippen molar-refractivity contribution in [1.29, 1.82) is 0 Å². The molecule has 5 rings (SSSR count). The van der Waals surface area contributed by atoms with Gasteiger partial charge in [0.1, 0.15) is 5.76 Å². The zero-order chi connectivity index (χ0) is 22.1. The number of hydrogen-bond donors (Lipinski definition) is 0. The fourth-order valence-corrected chi connectivity index (χ4v) is 4.50. The van der Waals surface area contributed by atoms with Crippen LogP contribution in [0.25, 0.3) is 0 Å². The van der Waals surface area contributed by atoms with E-state index in [9.17, 15) is 4.79 Å². The summed E-state index contributed by atoms with van der Waals surface area (Å²) < 4.78 is 18.0. The summed E-state index contributed by atoms with van der Waals surface area (Å²) in [5.41, 5.74) is 1.04. The summed E-state index contributed by atoms with van der Waals surface area (Å²) in [4.78, 5) is 19.6. The van der Waals surface area contributed by atoms with Crippen molar-refractivity contribution >= 4 is 17.5 Å². The molecule has 0 bridgehead atoms. The molecule has 0 N–H and O–H groups in total. The molecule has 0 spiro atoms. The van der Waals surface area contributed by atoms with E-state index in [0.29, 0.717) is 47.9 Å². The minimum absolute atomic E-state index is 0.137. The molecule has 11 heteroatoms. The molecule has 2 fully saturated rings. The van der Waals surface area contributed by atoms with Crippen LogP contribution in [0.15, 0.2) is 21.4 Å². The number of amides is 1. The second kappa shape index (κ2) is 9.03. The smallest absolute Gasteiger partial charge is 0.276 e. The summed E-state index contributed by atoms with van der Waals surface area (Å²) in [6, 6.07) is 0. The number of likely N-dealkylation sites (tertiary alicyclic amines) is 1. The Balaban J connectivity index is 1.22. The monoisotopic (exact) mass is 460 g/mol. The topological polar surface area (TPSA) is 112 Å². The molecule has 10 nitrogen and oxygen atoms in total. The molecule has 32 heavy (non-hydrogen) atoms. The highest BCUT2D eigenvalue weighted by atomic mass is 35.5. The number of ether oxygens (including phenoxy) is 1. The van der Waals surface area contributed by atoms with E-state index in [4.69, 9.17) is 25.4 Å². The molecule has 3 aromatic heterocycles. The quantitative estimate of drug-likeness (QED) is 0.570. The van der Waals surface area contributed by atoms with E-state index >= 15 is 0 Å². The zero-order valence-corrected chi connectivity index (χ0v) is 18.6. The molecule has 0 atom stereocenters. The minimum atomic E-state index is -0.137. The molecule has 0 radical (unpaired) electrons. The average molecular weight is 461 g/mol. The number of hydrogen-bond acceptors (Lipinski definition) is 8. The van der Waals surface area contributed by atoms with Crippen LogP contribution in [0, 0.1) is 6.92 Å². The Labute approximate surface area is 189 Å². The lowest BCUT2D eigenvalue weighted by atomic mass is 9.96. The number of halogens is 1. The van der Waals surface area contributed by atoms with Crippen LogP contribution in [0.2, 0.25) is 5.02 Å². The van der Waals surface area contributed by atoms with Gasteiger partial charge in [0, 0.05) is 49.9 Å². The Morgan fingerprint density at radius 2 is 1.91 bits per heavy atom. The van der Waals surface area contributed by atoms with E-state index in [1.54, 1.807) is 24.0 Å². The van der Waals surface area contributed by atoms with Crippen LogP contribution in [-0.4, -0.2) is 62.2 Å². The van der Waals surface area contributed by atoms with Gasteiger partial charge in [-0.2, -0.15) is 10.1 Å². The number of nitrogens with zero attached hydrogens (tertiary/aromatic N) is 6. The fraction of sp³-hybridized carbons (Fsp3) is 0.571. The van der Waals surface area contributed by atoms with Crippen molar-refractivity contribution in [3.8, 4) is 0 Å². The van der Waals surface area contributed by atoms with Crippen molar-refractivity contribution in [3.05, 3.63) is 46.1 Å². The summed E-state index contributed by atoms with van der Waals surface area (Å²) in [6.07, 6.45) is 6.64. The lowest BCUT2D eigenvalue weighted by Gasteiger charge is -2.30. The molecule has 170 valence electrons. The normalized spacial score (nSPS) is 18.4. The van der Waals surface area contributed by atoms with Crippen molar-refractivity contribution in [2.24, 2.45) is 0 Å². The van der Waals surface area contributed by atoms with Gasteiger partial charge in [-0.05, 0) is 32.6 Å². The summed E-state index contributed by atoms with van der Waals surface area (Å²) in [5.74, 6) is 2.38. The van der Waals surface area contributed by atoms with Crippen molar-refractivity contribution in [2.75, 3.05) is 26.3 Å². The Morgan fingerprint density at radius 1 is 1.12 bits per heavy atom. The van der Waals surface area contributed by atoms with E-state index in [0.717, 1.165) is 50.3 Å². The van der Waals surface area contributed by atoms with Crippen LogP contribution >= 0.6 is 11.6 Å². The second-order valence-electron chi connectivity index (χ2n) is 8.37. The first kappa shape index (κ1) is 21.1. The molecule has 1 amide bonds. The van der Waals surface area contributed by atoms with Gasteiger partial charge in [0.25, 0.3) is 5.91 Å². The molecule has 2 aliphatic heterocycles. The van der Waals surface area contributed by atoms with E-state index in [-0.39, 0.29) is 11.8 Å². The number of rotatable bonds is 5. The van der Waals surface area contributed by atoms with E-state index in [1.807, 2.05) is 4.90 Å². The number of carbonyl (C=O) groups excluding carboxylic acids is 1.